The zero-order valence-electron chi connectivity index (χ0n) is 8.87. The molecule has 0 fully saturated rings. The van der Waals surface area contributed by atoms with Gasteiger partial charge >= 0.3 is 0 Å². The topological polar surface area (TPSA) is 46.2 Å². The predicted octanol–water partition coefficient (Wildman–Crippen LogP) is 3.57. The van der Waals surface area contributed by atoms with E-state index in [0.29, 0.717) is 5.39 Å². The van der Waals surface area contributed by atoms with Crippen molar-refractivity contribution < 1.29 is 8.42 Å². The third kappa shape index (κ3) is 2.27. The first kappa shape index (κ1) is 12.7. The van der Waals surface area contributed by atoms with Gasteiger partial charge in [-0.1, -0.05) is 18.2 Å². The first-order valence-electron chi connectivity index (χ1n) is 4.79. The van der Waals surface area contributed by atoms with E-state index in [2.05, 4.69) is 21.2 Å². The third-order valence-corrected chi connectivity index (χ3v) is 4.52. The molecule has 1 N–H and O–H groups in total. The Balaban J connectivity index is 2.94. The number of hydrogen-bond donors (Lipinski definition) is 1. The molecule has 17 heavy (non-hydrogen) atoms. The Morgan fingerprint density at radius 2 is 1.88 bits per heavy atom. The number of nitrogens with one attached hydrogen (secondary N) is 1. The molecule has 0 aliphatic heterocycles. The highest BCUT2D eigenvalue weighted by atomic mass is 79.9. The van der Waals surface area contributed by atoms with Gasteiger partial charge in [-0.05, 0) is 28.1 Å². The number of benzene rings is 2. The molecule has 0 aliphatic rings. The van der Waals surface area contributed by atoms with Crippen LogP contribution in [0.15, 0.2) is 39.7 Å². The van der Waals surface area contributed by atoms with E-state index in [1.165, 1.54) is 6.07 Å². The van der Waals surface area contributed by atoms with Gasteiger partial charge in [0, 0.05) is 33.0 Å². The lowest BCUT2D eigenvalue weighted by Crippen LogP contribution is -1.95. The van der Waals surface area contributed by atoms with Gasteiger partial charge in [0.15, 0.2) is 0 Å². The van der Waals surface area contributed by atoms with Crippen molar-refractivity contribution in [3.8, 4) is 0 Å². The van der Waals surface area contributed by atoms with Crippen LogP contribution in [0.4, 0.5) is 5.69 Å². The number of halogens is 2. The van der Waals surface area contributed by atoms with Crippen LogP contribution in [0.3, 0.4) is 0 Å². The molecular weight excluding hydrogens is 326 g/mol. The maximum Gasteiger partial charge on any atom is 0.261 e. The fraction of sp³-hybridized carbons (Fsp3) is 0.0909. The van der Waals surface area contributed by atoms with Crippen LogP contribution < -0.4 is 5.32 Å². The molecule has 0 aromatic heterocycles. The van der Waals surface area contributed by atoms with Crippen LogP contribution in [0.25, 0.3) is 10.8 Å². The van der Waals surface area contributed by atoms with Crippen molar-refractivity contribution >= 4 is 52.1 Å². The van der Waals surface area contributed by atoms with Crippen LogP contribution in [0.5, 0.6) is 0 Å². The molecule has 90 valence electrons. The molecule has 0 bridgehead atoms. The molecule has 0 atom stereocenters. The van der Waals surface area contributed by atoms with Gasteiger partial charge in [-0.25, -0.2) is 8.42 Å². The Morgan fingerprint density at radius 1 is 1.18 bits per heavy atom. The van der Waals surface area contributed by atoms with E-state index >= 15 is 0 Å². The highest BCUT2D eigenvalue weighted by Gasteiger charge is 2.15. The summed E-state index contributed by atoms with van der Waals surface area (Å²) in [5.74, 6) is 0. The van der Waals surface area contributed by atoms with Gasteiger partial charge in [0.05, 0.1) is 10.6 Å². The van der Waals surface area contributed by atoms with Crippen molar-refractivity contribution in [3.05, 3.63) is 34.8 Å². The molecule has 6 heteroatoms. The summed E-state index contributed by atoms with van der Waals surface area (Å²) in [6, 6.07) is 8.54. The van der Waals surface area contributed by atoms with Crippen LogP contribution in [0.2, 0.25) is 0 Å². The fourth-order valence-electron chi connectivity index (χ4n) is 1.77. The normalized spacial score (nSPS) is 11.7. The van der Waals surface area contributed by atoms with Crippen molar-refractivity contribution in [1.29, 1.82) is 0 Å². The van der Waals surface area contributed by atoms with Gasteiger partial charge in [-0.15, -0.1) is 0 Å². The highest BCUT2D eigenvalue weighted by Crippen LogP contribution is 2.35. The Labute approximate surface area is 112 Å². The molecule has 0 amide bonds. The van der Waals surface area contributed by atoms with Crippen LogP contribution in [-0.4, -0.2) is 15.5 Å². The standard InChI is InChI=1S/C11H9BrClNO2S/c1-14-11-8-3-2-4-10(17(13,15)16)7(8)5-6-9(11)12/h2-6,14H,1H3. The average Bonchev–Trinajstić information content (AvgIpc) is 2.26. The summed E-state index contributed by atoms with van der Waals surface area (Å²) in [5, 5.41) is 4.45. The zero-order chi connectivity index (χ0) is 12.6. The molecule has 0 saturated heterocycles. The maximum atomic E-state index is 11.5. The van der Waals surface area contributed by atoms with E-state index in [1.807, 2.05) is 6.07 Å². The molecule has 2 rings (SSSR count). The van der Waals surface area contributed by atoms with E-state index in [9.17, 15) is 8.42 Å². The summed E-state index contributed by atoms with van der Waals surface area (Å²) >= 11 is 3.41. The summed E-state index contributed by atoms with van der Waals surface area (Å²) in [5.41, 5.74) is 0.838. The van der Waals surface area contributed by atoms with Gasteiger partial charge in [0.25, 0.3) is 9.05 Å². The minimum atomic E-state index is -3.74. The Kier molecular flexibility index (Phi) is 3.34. The van der Waals surface area contributed by atoms with E-state index in [1.54, 1.807) is 25.2 Å². The molecule has 2 aromatic carbocycles. The highest BCUT2D eigenvalue weighted by molar-refractivity contribution is 9.10. The summed E-state index contributed by atoms with van der Waals surface area (Å²) in [4.78, 5) is 0.126. The smallest absolute Gasteiger partial charge is 0.261 e. The molecule has 0 heterocycles. The quantitative estimate of drug-likeness (QED) is 0.854. The lowest BCUT2D eigenvalue weighted by atomic mass is 10.1. The molecule has 0 saturated carbocycles. The van der Waals surface area contributed by atoms with Gasteiger partial charge in [-0.3, -0.25) is 0 Å². The summed E-state index contributed by atoms with van der Waals surface area (Å²) in [6.45, 7) is 0. The minimum absolute atomic E-state index is 0.126. The van der Waals surface area contributed by atoms with Crippen molar-refractivity contribution in [1.82, 2.24) is 0 Å². The average molecular weight is 335 g/mol. The second-order valence-electron chi connectivity index (χ2n) is 3.46. The second-order valence-corrected chi connectivity index (χ2v) is 6.85. The monoisotopic (exact) mass is 333 g/mol. The van der Waals surface area contributed by atoms with Crippen LogP contribution in [0.1, 0.15) is 0 Å². The molecule has 0 unspecified atom stereocenters. The first-order chi connectivity index (χ1) is 7.95. The zero-order valence-corrected chi connectivity index (χ0v) is 12.0. The summed E-state index contributed by atoms with van der Waals surface area (Å²) in [6.07, 6.45) is 0. The lowest BCUT2D eigenvalue weighted by Gasteiger charge is -2.10. The lowest BCUT2D eigenvalue weighted by molar-refractivity contribution is 0.610. The Morgan fingerprint density at radius 3 is 2.47 bits per heavy atom. The van der Waals surface area contributed by atoms with E-state index < -0.39 is 9.05 Å². The van der Waals surface area contributed by atoms with Gasteiger partial charge in [0.1, 0.15) is 0 Å². The largest absolute Gasteiger partial charge is 0.387 e. The van der Waals surface area contributed by atoms with Crippen molar-refractivity contribution in [2.75, 3.05) is 12.4 Å². The number of fused-ring (bicyclic) bond motifs is 1. The Hall–Kier alpha value is -0.780. The third-order valence-electron chi connectivity index (χ3n) is 2.48. The number of rotatable bonds is 2. The minimum Gasteiger partial charge on any atom is -0.387 e. The molecule has 0 radical (unpaired) electrons. The number of hydrogen-bond acceptors (Lipinski definition) is 3. The Bertz CT molecular complexity index is 685. The molecular formula is C11H9BrClNO2S. The van der Waals surface area contributed by atoms with E-state index in [4.69, 9.17) is 10.7 Å². The van der Waals surface area contributed by atoms with Crippen LogP contribution in [0, 0.1) is 0 Å². The van der Waals surface area contributed by atoms with Crippen LogP contribution >= 0.6 is 26.6 Å². The second kappa shape index (κ2) is 4.48. The van der Waals surface area contributed by atoms with Crippen LogP contribution in [-0.2, 0) is 9.05 Å². The van der Waals surface area contributed by atoms with Crippen molar-refractivity contribution in [3.63, 3.8) is 0 Å². The molecule has 3 nitrogen and oxygen atoms in total. The van der Waals surface area contributed by atoms with Gasteiger partial charge in [0.2, 0.25) is 0 Å². The van der Waals surface area contributed by atoms with Crippen molar-refractivity contribution in [2.45, 2.75) is 4.90 Å². The SMILES string of the molecule is CNc1c(Br)ccc2c(S(=O)(=O)Cl)cccc12. The fourth-order valence-corrected chi connectivity index (χ4v) is 3.40. The van der Waals surface area contributed by atoms with Gasteiger partial charge in [-0.2, -0.15) is 0 Å². The van der Waals surface area contributed by atoms with Crippen molar-refractivity contribution in [2.24, 2.45) is 0 Å². The summed E-state index contributed by atoms with van der Waals surface area (Å²) < 4.78 is 23.8. The molecule has 0 aliphatic carbocycles. The molecule has 0 spiro atoms. The van der Waals surface area contributed by atoms with E-state index in [-0.39, 0.29) is 4.90 Å². The predicted molar refractivity (Wildman–Crippen MR) is 74.2 cm³/mol. The number of anilines is 1. The summed E-state index contributed by atoms with van der Waals surface area (Å²) in [7, 11) is 3.45. The van der Waals surface area contributed by atoms with E-state index in [0.717, 1.165) is 15.5 Å². The maximum absolute atomic E-state index is 11.5. The first-order valence-corrected chi connectivity index (χ1v) is 7.89. The molecule has 2 aromatic rings. The van der Waals surface area contributed by atoms with Gasteiger partial charge < -0.3 is 5.32 Å².